The topological polar surface area (TPSA) is 58.6 Å². The second-order valence-electron chi connectivity index (χ2n) is 4.59. The maximum Gasteiger partial charge on any atom is 0.233 e. The Balaban J connectivity index is 2.18. The smallest absolute Gasteiger partial charge is 0.233 e. The molecule has 2 rings (SSSR count). The van der Waals surface area contributed by atoms with E-state index >= 15 is 0 Å². The molecule has 4 nitrogen and oxygen atoms in total. The Kier molecular flexibility index (Phi) is 3.52. The van der Waals surface area contributed by atoms with E-state index in [1.807, 2.05) is 0 Å². The summed E-state index contributed by atoms with van der Waals surface area (Å²) in [5.74, 6) is -0.324. The summed E-state index contributed by atoms with van der Waals surface area (Å²) < 4.78 is 18.2. The van der Waals surface area contributed by atoms with Crippen molar-refractivity contribution in [2.45, 2.75) is 19.3 Å². The summed E-state index contributed by atoms with van der Waals surface area (Å²) in [5, 5.41) is 11.9. The third kappa shape index (κ3) is 2.18. The van der Waals surface area contributed by atoms with Gasteiger partial charge in [0.2, 0.25) is 5.91 Å². The molecule has 98 valence electrons. The van der Waals surface area contributed by atoms with Gasteiger partial charge in [-0.2, -0.15) is 0 Å². The van der Waals surface area contributed by atoms with E-state index < -0.39 is 11.2 Å². The highest BCUT2D eigenvalue weighted by atomic mass is 19.1. The number of hydrogen-bond donors (Lipinski definition) is 2. The van der Waals surface area contributed by atoms with Crippen molar-refractivity contribution in [3.8, 4) is 5.75 Å². The number of rotatable bonds is 4. The number of benzene rings is 1. The lowest BCUT2D eigenvalue weighted by Crippen LogP contribution is -2.44. The zero-order valence-corrected chi connectivity index (χ0v) is 10.2. The Morgan fingerprint density at radius 3 is 2.78 bits per heavy atom. The number of carbonyl (C=O) groups is 1. The van der Waals surface area contributed by atoms with Crippen LogP contribution in [0.4, 0.5) is 10.1 Å². The molecule has 0 spiro atoms. The molecule has 2 N–H and O–H groups in total. The largest absolute Gasteiger partial charge is 0.495 e. The van der Waals surface area contributed by atoms with Gasteiger partial charge in [0.1, 0.15) is 11.6 Å². The number of nitrogens with one attached hydrogen (secondary N) is 1. The first-order valence-electron chi connectivity index (χ1n) is 5.87. The summed E-state index contributed by atoms with van der Waals surface area (Å²) in [4.78, 5) is 12.1. The molecule has 1 amide bonds. The van der Waals surface area contributed by atoms with E-state index in [1.54, 1.807) is 0 Å². The van der Waals surface area contributed by atoms with Crippen molar-refractivity contribution in [1.82, 2.24) is 0 Å². The summed E-state index contributed by atoms with van der Waals surface area (Å²) in [6.45, 7) is -0.184. The Bertz CT molecular complexity index is 452. The van der Waals surface area contributed by atoms with Crippen LogP contribution in [0.25, 0.3) is 0 Å². The van der Waals surface area contributed by atoms with Crippen molar-refractivity contribution < 1.29 is 19.0 Å². The van der Waals surface area contributed by atoms with Crippen molar-refractivity contribution in [1.29, 1.82) is 0 Å². The molecule has 1 aliphatic carbocycles. The maximum absolute atomic E-state index is 13.2. The number of anilines is 1. The average molecular weight is 253 g/mol. The molecule has 0 bridgehead atoms. The van der Waals surface area contributed by atoms with Crippen molar-refractivity contribution in [3.05, 3.63) is 24.0 Å². The van der Waals surface area contributed by atoms with Crippen LogP contribution in [0, 0.1) is 11.2 Å². The average Bonchev–Trinajstić information content (AvgIpc) is 2.28. The molecule has 1 aromatic rings. The summed E-state index contributed by atoms with van der Waals surface area (Å²) in [5.41, 5.74) is -0.417. The van der Waals surface area contributed by atoms with Gasteiger partial charge in [0.05, 0.1) is 24.8 Å². The summed E-state index contributed by atoms with van der Waals surface area (Å²) in [7, 11) is 1.45. The Morgan fingerprint density at radius 2 is 2.28 bits per heavy atom. The van der Waals surface area contributed by atoms with E-state index in [9.17, 15) is 14.3 Å². The van der Waals surface area contributed by atoms with Gasteiger partial charge < -0.3 is 15.2 Å². The number of amides is 1. The number of methoxy groups -OCH3 is 1. The van der Waals surface area contributed by atoms with Crippen molar-refractivity contribution in [2.24, 2.45) is 5.41 Å². The predicted molar refractivity (Wildman–Crippen MR) is 65.0 cm³/mol. The zero-order chi connectivity index (χ0) is 13.2. The molecule has 1 fully saturated rings. The highest BCUT2D eigenvalue weighted by molar-refractivity contribution is 5.97. The summed E-state index contributed by atoms with van der Waals surface area (Å²) >= 11 is 0. The van der Waals surface area contributed by atoms with Crippen LogP contribution in [0.5, 0.6) is 5.75 Å². The fourth-order valence-electron chi connectivity index (χ4n) is 2.09. The van der Waals surface area contributed by atoms with Crippen LogP contribution in [0.2, 0.25) is 0 Å². The van der Waals surface area contributed by atoms with Crippen LogP contribution in [0.3, 0.4) is 0 Å². The molecule has 1 aromatic carbocycles. The van der Waals surface area contributed by atoms with Crippen molar-refractivity contribution in [2.75, 3.05) is 19.0 Å². The second-order valence-corrected chi connectivity index (χ2v) is 4.59. The molecule has 0 saturated heterocycles. The first-order valence-corrected chi connectivity index (χ1v) is 5.87. The van der Waals surface area contributed by atoms with Crippen molar-refractivity contribution in [3.63, 3.8) is 0 Å². The third-order valence-electron chi connectivity index (χ3n) is 3.50. The SMILES string of the molecule is COc1ccc(F)cc1NC(=O)C1(CO)CCC1. The first-order chi connectivity index (χ1) is 8.61. The van der Waals surface area contributed by atoms with Gasteiger partial charge in [-0.05, 0) is 25.0 Å². The fourth-order valence-corrected chi connectivity index (χ4v) is 2.09. The van der Waals surface area contributed by atoms with Crippen molar-refractivity contribution >= 4 is 11.6 Å². The van der Waals surface area contributed by atoms with Crippen LogP contribution in [0.1, 0.15) is 19.3 Å². The van der Waals surface area contributed by atoms with Gasteiger partial charge in [-0.25, -0.2) is 4.39 Å². The molecule has 0 aliphatic heterocycles. The molecule has 18 heavy (non-hydrogen) atoms. The lowest BCUT2D eigenvalue weighted by Gasteiger charge is -2.38. The second kappa shape index (κ2) is 4.94. The van der Waals surface area contributed by atoms with Crippen LogP contribution in [-0.4, -0.2) is 24.7 Å². The number of carbonyl (C=O) groups excluding carboxylic acids is 1. The summed E-state index contributed by atoms with van der Waals surface area (Å²) in [6.07, 6.45) is 2.24. The maximum atomic E-state index is 13.2. The molecule has 1 aliphatic rings. The lowest BCUT2D eigenvalue weighted by molar-refractivity contribution is -0.133. The number of ether oxygens (including phenoxy) is 1. The molecule has 0 aromatic heterocycles. The number of halogens is 1. The van der Waals surface area contributed by atoms with Gasteiger partial charge in [-0.15, -0.1) is 0 Å². The van der Waals surface area contributed by atoms with Gasteiger partial charge >= 0.3 is 0 Å². The first kappa shape index (κ1) is 12.8. The number of aliphatic hydroxyl groups excluding tert-OH is 1. The van der Waals surface area contributed by atoms with Gasteiger partial charge in [-0.3, -0.25) is 4.79 Å². The number of aliphatic hydroxyl groups is 1. The molecular weight excluding hydrogens is 237 g/mol. The van der Waals surface area contributed by atoms with E-state index in [0.717, 1.165) is 6.42 Å². The zero-order valence-electron chi connectivity index (χ0n) is 10.2. The minimum atomic E-state index is -0.711. The Morgan fingerprint density at radius 1 is 1.56 bits per heavy atom. The van der Waals surface area contributed by atoms with Crippen LogP contribution < -0.4 is 10.1 Å². The molecule has 0 radical (unpaired) electrons. The van der Waals surface area contributed by atoms with Gasteiger partial charge in [0, 0.05) is 6.07 Å². The third-order valence-corrected chi connectivity index (χ3v) is 3.50. The highest BCUT2D eigenvalue weighted by Crippen LogP contribution is 2.41. The van der Waals surface area contributed by atoms with Crippen LogP contribution >= 0.6 is 0 Å². The van der Waals surface area contributed by atoms with Gasteiger partial charge in [0.15, 0.2) is 0 Å². The van der Waals surface area contributed by atoms with E-state index in [4.69, 9.17) is 4.74 Å². The minimum absolute atomic E-state index is 0.184. The standard InChI is InChI=1S/C13H16FNO3/c1-18-11-4-3-9(14)7-10(11)15-12(17)13(8-16)5-2-6-13/h3-4,7,16H,2,5-6,8H2,1H3,(H,15,17). The monoisotopic (exact) mass is 253 g/mol. The molecule has 5 heteroatoms. The van der Waals surface area contributed by atoms with E-state index in [1.165, 1.54) is 25.3 Å². The Hall–Kier alpha value is -1.62. The van der Waals surface area contributed by atoms with Gasteiger partial charge in [0.25, 0.3) is 0 Å². The molecular formula is C13H16FNO3. The van der Waals surface area contributed by atoms with E-state index in [0.29, 0.717) is 24.3 Å². The summed E-state index contributed by atoms with van der Waals surface area (Å²) in [6, 6.07) is 3.93. The molecule has 1 saturated carbocycles. The van der Waals surface area contributed by atoms with E-state index in [-0.39, 0.29) is 12.5 Å². The predicted octanol–water partition coefficient (Wildman–Crippen LogP) is 1.94. The quantitative estimate of drug-likeness (QED) is 0.862. The van der Waals surface area contributed by atoms with Crippen LogP contribution in [-0.2, 0) is 4.79 Å². The molecule has 0 heterocycles. The molecule has 0 unspecified atom stereocenters. The van der Waals surface area contributed by atoms with Crippen LogP contribution in [0.15, 0.2) is 18.2 Å². The molecule has 0 atom stereocenters. The van der Waals surface area contributed by atoms with Gasteiger partial charge in [-0.1, -0.05) is 6.42 Å². The number of hydrogen-bond acceptors (Lipinski definition) is 3. The lowest BCUT2D eigenvalue weighted by atomic mass is 9.68. The minimum Gasteiger partial charge on any atom is -0.495 e. The van der Waals surface area contributed by atoms with E-state index in [2.05, 4.69) is 5.32 Å². The Labute approximate surface area is 105 Å². The highest BCUT2D eigenvalue weighted by Gasteiger charge is 2.43. The normalized spacial score (nSPS) is 16.8. The fraction of sp³-hybridized carbons (Fsp3) is 0.462.